The molecule has 5 rings (SSSR count). The Kier molecular flexibility index (Phi) is 14.4. The molecule has 0 radical (unpaired) electrons. The average molecular weight is 843 g/mol. The van der Waals surface area contributed by atoms with Crippen LogP contribution in [0.25, 0.3) is 11.0 Å². The minimum absolute atomic E-state index is 0.0181. The summed E-state index contributed by atoms with van der Waals surface area (Å²) in [6, 6.07) is 4.71. The second-order valence-electron chi connectivity index (χ2n) is 19.6. The Hall–Kier alpha value is -3.88. The van der Waals surface area contributed by atoms with Gasteiger partial charge in [0.1, 0.15) is 23.8 Å². The van der Waals surface area contributed by atoms with Crippen LogP contribution in [-0.2, 0) is 35.6 Å². The van der Waals surface area contributed by atoms with Gasteiger partial charge in [-0.2, -0.15) is 4.98 Å². The number of carbonyl (C=O) groups is 4. The van der Waals surface area contributed by atoms with Crippen molar-refractivity contribution >= 4 is 44.9 Å². The van der Waals surface area contributed by atoms with Gasteiger partial charge in [-0.15, -0.1) is 0 Å². The zero-order chi connectivity index (χ0) is 43.5. The summed E-state index contributed by atoms with van der Waals surface area (Å²) in [4.78, 5) is 58.4. The number of carbonyl (C=O) groups excluding carboxylic acids is 4. The number of likely N-dealkylation sites (tertiary alicyclic amines) is 1. The zero-order valence-corrected chi connectivity index (χ0v) is 37.7. The number of amides is 4. The third-order valence-electron chi connectivity index (χ3n) is 12.2. The number of sulfonamides is 1. The van der Waals surface area contributed by atoms with E-state index in [4.69, 9.17) is 20.2 Å². The van der Waals surface area contributed by atoms with Crippen LogP contribution in [0.1, 0.15) is 157 Å². The zero-order valence-electron chi connectivity index (χ0n) is 36.9. The van der Waals surface area contributed by atoms with E-state index in [0.717, 1.165) is 80.8 Å². The highest BCUT2D eigenvalue weighted by Gasteiger charge is 2.55. The lowest BCUT2D eigenvalue weighted by atomic mass is 9.85. The number of imidazole rings is 1. The van der Waals surface area contributed by atoms with Crippen LogP contribution < -0.4 is 20.5 Å². The lowest BCUT2D eigenvalue weighted by molar-refractivity contribution is -0.141. The number of fused-ring (bicyclic) bond motifs is 1. The number of unbranched alkanes of at least 4 members (excludes halogenated alkanes) is 6. The molecule has 1 aliphatic heterocycles. The van der Waals surface area contributed by atoms with Crippen LogP contribution >= 0.6 is 0 Å². The molecule has 2 aliphatic carbocycles. The van der Waals surface area contributed by atoms with Crippen LogP contribution in [0.4, 0.5) is 4.79 Å². The van der Waals surface area contributed by atoms with Crippen molar-refractivity contribution in [3.05, 3.63) is 23.8 Å². The number of aryl methyl sites for hydroxylation is 1. The van der Waals surface area contributed by atoms with Gasteiger partial charge < -0.3 is 25.4 Å². The van der Waals surface area contributed by atoms with Crippen LogP contribution in [0.3, 0.4) is 0 Å². The van der Waals surface area contributed by atoms with E-state index >= 15 is 0 Å². The molecule has 5 atom stereocenters. The van der Waals surface area contributed by atoms with Crippen LogP contribution in [0.15, 0.2) is 18.2 Å². The quantitative estimate of drug-likeness (QED) is 0.117. The summed E-state index contributed by atoms with van der Waals surface area (Å²) in [5.74, 6) is -1.20. The van der Waals surface area contributed by atoms with Gasteiger partial charge in [-0.3, -0.25) is 23.7 Å². The fourth-order valence-electron chi connectivity index (χ4n) is 8.50. The first-order chi connectivity index (χ1) is 27.6. The molecule has 3 aliphatic rings. The van der Waals surface area contributed by atoms with Gasteiger partial charge in [0.2, 0.25) is 27.7 Å². The smallest absolute Gasteiger partial charge is 0.408 e. The van der Waals surface area contributed by atoms with Gasteiger partial charge in [-0.1, -0.05) is 84.8 Å². The van der Waals surface area contributed by atoms with Crippen molar-refractivity contribution in [3.8, 4) is 6.01 Å². The molecule has 2 saturated carbocycles. The summed E-state index contributed by atoms with van der Waals surface area (Å²) >= 11 is 0. The van der Waals surface area contributed by atoms with Crippen molar-refractivity contribution in [1.82, 2.24) is 24.5 Å². The van der Waals surface area contributed by atoms with Crippen molar-refractivity contribution in [2.24, 2.45) is 23.0 Å². The Morgan fingerprint density at radius 1 is 0.966 bits per heavy atom. The number of ether oxygens (including phenoxy) is 2. The highest BCUT2D eigenvalue weighted by molar-refractivity contribution is 7.91. The number of hydrogen-bond donors (Lipinski definition) is 3. The molecule has 14 nitrogen and oxygen atoms in total. The minimum Gasteiger partial charge on any atom is -0.459 e. The van der Waals surface area contributed by atoms with Crippen molar-refractivity contribution < 1.29 is 37.1 Å². The topological polar surface area (TPSA) is 192 Å². The lowest BCUT2D eigenvalue weighted by Gasteiger charge is -2.35. The molecule has 59 heavy (non-hydrogen) atoms. The number of nitrogens with two attached hydrogens (primary N) is 1. The average Bonchev–Trinajstić information content (AvgIpc) is 4.03. The van der Waals surface area contributed by atoms with E-state index in [1.165, 1.54) is 4.90 Å². The maximum absolute atomic E-state index is 14.1. The second-order valence-corrected chi connectivity index (χ2v) is 21.7. The predicted octanol–water partition coefficient (Wildman–Crippen LogP) is 7.08. The number of primary amides is 1. The number of nitrogens with zero attached hydrogens (tertiary/aromatic N) is 3. The van der Waals surface area contributed by atoms with Crippen LogP contribution in [-0.4, -0.2) is 81.8 Å². The molecule has 0 spiro atoms. The normalized spacial score (nSPS) is 22.0. The number of aromatic nitrogens is 2. The summed E-state index contributed by atoms with van der Waals surface area (Å²) in [6.07, 6.45) is 10.5. The standard InChI is InChI=1S/C44H70N6O8S/c1-10-29-25-32(29)38(52)48-59(55,56)44(23-24-44)22-17-15-13-11-12-14-16-19-30-20-18-21-33-35(30)46-40(50(33)28(2)3)57-31-26-34(37(45)51)49(27-31)39(53)36(42(4,5)6)47-41(54)58-43(7,8)9/h18,20-21,28-29,31-32,34,36H,10-17,19,22-27H2,1-9H3,(H2,45,51)(H,47,54)(H,48,52)/t29-,31-,32+,34+,36-/m1/s1. The minimum atomic E-state index is -3.63. The molecule has 1 aromatic heterocycles. The van der Waals surface area contributed by atoms with Crippen molar-refractivity contribution in [2.75, 3.05) is 6.54 Å². The van der Waals surface area contributed by atoms with Crippen LogP contribution in [0.2, 0.25) is 0 Å². The Morgan fingerprint density at radius 2 is 1.61 bits per heavy atom. The van der Waals surface area contributed by atoms with E-state index in [9.17, 15) is 27.6 Å². The largest absolute Gasteiger partial charge is 0.459 e. The molecular formula is C44H70N6O8S. The molecule has 1 saturated heterocycles. The summed E-state index contributed by atoms with van der Waals surface area (Å²) in [7, 11) is -3.63. The molecule has 2 heterocycles. The first-order valence-corrected chi connectivity index (χ1v) is 23.4. The Balaban J connectivity index is 1.13. The number of alkyl carbamates (subject to hydrolysis) is 1. The summed E-state index contributed by atoms with van der Waals surface area (Å²) in [5, 5.41) is 2.73. The fraction of sp³-hybridized carbons (Fsp3) is 0.750. The molecule has 2 aromatic rings. The number of para-hydroxylation sites is 1. The third-order valence-corrected chi connectivity index (χ3v) is 14.4. The van der Waals surface area contributed by atoms with Crippen LogP contribution in [0.5, 0.6) is 6.01 Å². The van der Waals surface area contributed by atoms with Gasteiger partial charge in [0.05, 0.1) is 22.3 Å². The van der Waals surface area contributed by atoms with Crippen LogP contribution in [0, 0.1) is 17.3 Å². The first-order valence-electron chi connectivity index (χ1n) is 21.9. The van der Waals surface area contributed by atoms with E-state index in [0.29, 0.717) is 31.2 Å². The summed E-state index contributed by atoms with van der Waals surface area (Å²) in [6.45, 7) is 17.0. The maximum atomic E-state index is 14.1. The molecule has 0 bridgehead atoms. The molecule has 0 unspecified atom stereocenters. The summed E-state index contributed by atoms with van der Waals surface area (Å²) in [5.41, 5.74) is 7.33. The van der Waals surface area contributed by atoms with Gasteiger partial charge in [0.15, 0.2) is 0 Å². The molecule has 330 valence electrons. The number of hydrogen-bond acceptors (Lipinski definition) is 9. The molecule has 3 fully saturated rings. The molecule has 15 heteroatoms. The fourth-order valence-corrected chi connectivity index (χ4v) is 10.2. The SMILES string of the molecule is CC[C@@H]1C[C@@H]1C(=O)NS(=O)(=O)C1(CCCCCCCCCc2cccc3c2nc(O[C@@H]2C[C@@H](C(N)=O)N(C(=O)[C@@H](NC(=O)OC(C)(C)C)C(C)(C)C)C2)n3C(C)C)CC1. The molecule has 1 aromatic carbocycles. The predicted molar refractivity (Wildman–Crippen MR) is 228 cm³/mol. The lowest BCUT2D eigenvalue weighted by Crippen LogP contribution is -2.58. The molecule has 4 N–H and O–H groups in total. The van der Waals surface area contributed by atoms with Crippen molar-refractivity contribution in [3.63, 3.8) is 0 Å². The highest BCUT2D eigenvalue weighted by atomic mass is 32.2. The Morgan fingerprint density at radius 3 is 2.17 bits per heavy atom. The molecule has 4 amide bonds. The third kappa shape index (κ3) is 11.5. The maximum Gasteiger partial charge on any atom is 0.408 e. The van der Waals surface area contributed by atoms with Gasteiger partial charge in [-0.25, -0.2) is 13.2 Å². The van der Waals surface area contributed by atoms with E-state index in [-0.39, 0.29) is 30.8 Å². The van der Waals surface area contributed by atoms with Gasteiger partial charge in [-0.05, 0) is 96.1 Å². The second kappa shape index (κ2) is 18.4. The van der Waals surface area contributed by atoms with Gasteiger partial charge >= 0.3 is 6.09 Å². The van der Waals surface area contributed by atoms with E-state index in [1.807, 2.05) is 44.4 Å². The monoisotopic (exact) mass is 842 g/mol. The van der Waals surface area contributed by atoms with E-state index in [1.54, 1.807) is 20.8 Å². The number of rotatable bonds is 20. The van der Waals surface area contributed by atoms with Gasteiger partial charge in [0, 0.05) is 18.4 Å². The van der Waals surface area contributed by atoms with E-state index in [2.05, 4.69) is 30.0 Å². The first kappa shape index (κ1) is 46.2. The van der Waals surface area contributed by atoms with E-state index < -0.39 is 61.9 Å². The van der Waals surface area contributed by atoms with Crippen molar-refractivity contribution in [2.45, 2.75) is 187 Å². The highest BCUT2D eigenvalue weighted by Crippen LogP contribution is 2.48. The number of benzene rings is 1. The van der Waals surface area contributed by atoms with Gasteiger partial charge in [0.25, 0.3) is 6.01 Å². The Bertz CT molecular complexity index is 1940. The Labute approximate surface area is 351 Å². The summed E-state index contributed by atoms with van der Waals surface area (Å²) < 4.78 is 41.7. The van der Waals surface area contributed by atoms with Crippen molar-refractivity contribution in [1.29, 1.82) is 0 Å². The molecular weight excluding hydrogens is 773 g/mol. The number of nitrogens with one attached hydrogen (secondary N) is 2.